The Bertz CT molecular complexity index is 1280. The van der Waals surface area contributed by atoms with Gasteiger partial charge in [-0.25, -0.2) is 14.4 Å². The average Bonchev–Trinajstić information content (AvgIpc) is 3.22. The van der Waals surface area contributed by atoms with Crippen molar-refractivity contribution in [1.29, 1.82) is 0 Å². The first-order valence-electron chi connectivity index (χ1n) is 10.8. The van der Waals surface area contributed by atoms with E-state index in [9.17, 15) is 9.18 Å². The van der Waals surface area contributed by atoms with E-state index < -0.39 is 0 Å². The number of carbonyl (C=O) groups excluding carboxylic acids is 1. The number of benzene rings is 2. The molecule has 1 aliphatic rings. The summed E-state index contributed by atoms with van der Waals surface area (Å²) >= 11 is 0. The minimum atomic E-state index is -0.332. The Labute approximate surface area is 185 Å². The molecule has 1 amide bonds. The third kappa shape index (κ3) is 3.82. The van der Waals surface area contributed by atoms with Crippen LogP contribution in [-0.4, -0.2) is 32.3 Å². The molecule has 2 aromatic heterocycles. The van der Waals surface area contributed by atoms with Gasteiger partial charge in [-0.3, -0.25) is 4.79 Å². The van der Waals surface area contributed by atoms with Crippen LogP contribution in [0.3, 0.4) is 0 Å². The first-order valence-corrected chi connectivity index (χ1v) is 10.8. The van der Waals surface area contributed by atoms with Gasteiger partial charge < -0.3 is 15.6 Å². The molecule has 0 unspecified atom stereocenters. The number of nitrogens with one attached hydrogen (secondary N) is 1. The van der Waals surface area contributed by atoms with E-state index in [-0.39, 0.29) is 23.7 Å². The molecule has 5 rings (SSSR count). The fourth-order valence-electron chi connectivity index (χ4n) is 4.60. The smallest absolute Gasteiger partial charge is 0.227 e. The van der Waals surface area contributed by atoms with Crippen LogP contribution >= 0.6 is 0 Å². The Kier molecular flexibility index (Phi) is 5.31. The van der Waals surface area contributed by atoms with Crippen molar-refractivity contribution in [2.45, 2.75) is 31.7 Å². The Morgan fingerprint density at radius 2 is 2.06 bits per heavy atom. The van der Waals surface area contributed by atoms with Crippen LogP contribution in [0, 0.1) is 5.82 Å². The highest BCUT2D eigenvalue weighted by Gasteiger charge is 2.31. The van der Waals surface area contributed by atoms with E-state index in [1.807, 2.05) is 41.4 Å². The number of piperidine rings is 1. The van der Waals surface area contributed by atoms with Gasteiger partial charge in [0.25, 0.3) is 0 Å². The second kappa shape index (κ2) is 8.42. The van der Waals surface area contributed by atoms with E-state index in [1.165, 1.54) is 12.1 Å². The van der Waals surface area contributed by atoms with Crippen LogP contribution in [0.5, 0.6) is 0 Å². The Morgan fingerprint density at radius 1 is 1.19 bits per heavy atom. The number of H-pyrrole nitrogens is 1. The summed E-state index contributed by atoms with van der Waals surface area (Å²) in [6, 6.07) is 14.1. The predicted molar refractivity (Wildman–Crippen MR) is 122 cm³/mol. The molecule has 3 N–H and O–H groups in total. The topological polar surface area (TPSA) is 87.9 Å². The molecule has 3 heterocycles. The second-order valence-corrected chi connectivity index (χ2v) is 8.17. The van der Waals surface area contributed by atoms with Crippen molar-refractivity contribution in [3.63, 3.8) is 0 Å². The largest absolute Gasteiger partial charge is 0.368 e. The highest BCUT2D eigenvalue weighted by molar-refractivity contribution is 5.89. The van der Waals surface area contributed by atoms with Gasteiger partial charge in [-0.2, -0.15) is 0 Å². The molecule has 0 spiro atoms. The van der Waals surface area contributed by atoms with Crippen LogP contribution in [0.2, 0.25) is 0 Å². The van der Waals surface area contributed by atoms with Crippen molar-refractivity contribution >= 4 is 22.8 Å². The molecule has 1 aliphatic heterocycles. The number of carbonyl (C=O) groups is 1. The van der Waals surface area contributed by atoms with Gasteiger partial charge in [0.2, 0.25) is 11.9 Å². The number of amides is 1. The number of anilines is 1. The molecule has 1 atom stereocenters. The summed E-state index contributed by atoms with van der Waals surface area (Å²) in [5.74, 6) is -0.141. The summed E-state index contributed by atoms with van der Waals surface area (Å²) in [6.45, 7) is 0.651. The van der Waals surface area contributed by atoms with Gasteiger partial charge in [0.15, 0.2) is 0 Å². The van der Waals surface area contributed by atoms with Crippen molar-refractivity contribution in [1.82, 2.24) is 19.9 Å². The molecule has 2 aromatic carbocycles. The van der Waals surface area contributed by atoms with Crippen LogP contribution in [0.4, 0.5) is 10.3 Å². The van der Waals surface area contributed by atoms with Crippen LogP contribution in [0.15, 0.2) is 60.9 Å². The summed E-state index contributed by atoms with van der Waals surface area (Å²) in [5, 5.41) is 1.06. The van der Waals surface area contributed by atoms with Crippen LogP contribution < -0.4 is 5.73 Å². The van der Waals surface area contributed by atoms with Crippen molar-refractivity contribution in [2.75, 3.05) is 12.3 Å². The second-order valence-electron chi connectivity index (χ2n) is 8.17. The molecule has 0 radical (unpaired) electrons. The van der Waals surface area contributed by atoms with E-state index in [2.05, 4.69) is 15.0 Å². The quantitative estimate of drug-likeness (QED) is 0.495. The molecule has 162 valence electrons. The number of rotatable bonds is 4. The maximum Gasteiger partial charge on any atom is 0.227 e. The zero-order valence-electron chi connectivity index (χ0n) is 17.6. The lowest BCUT2D eigenvalue weighted by molar-refractivity contribution is -0.134. The fourth-order valence-corrected chi connectivity index (χ4v) is 4.60. The van der Waals surface area contributed by atoms with Gasteiger partial charge in [0, 0.05) is 35.4 Å². The first kappa shape index (κ1) is 20.2. The Hall–Kier alpha value is -3.74. The average molecular weight is 429 g/mol. The van der Waals surface area contributed by atoms with Gasteiger partial charge in [-0.15, -0.1) is 0 Å². The third-order valence-corrected chi connectivity index (χ3v) is 6.13. The van der Waals surface area contributed by atoms with Crippen LogP contribution in [-0.2, 0) is 11.2 Å². The monoisotopic (exact) mass is 429 g/mol. The number of aromatic nitrogens is 3. The van der Waals surface area contributed by atoms with Gasteiger partial charge in [0.1, 0.15) is 5.82 Å². The molecule has 6 nitrogen and oxygen atoms in total. The zero-order valence-corrected chi connectivity index (χ0v) is 17.6. The number of para-hydroxylation sites is 1. The fraction of sp³-hybridized carbons (Fsp3) is 0.240. The molecule has 0 saturated carbocycles. The van der Waals surface area contributed by atoms with Crippen molar-refractivity contribution in [3.05, 3.63) is 78.0 Å². The number of likely N-dealkylation sites (tertiary alicyclic amines) is 1. The van der Waals surface area contributed by atoms with E-state index in [1.54, 1.807) is 12.3 Å². The van der Waals surface area contributed by atoms with E-state index in [0.717, 1.165) is 35.7 Å². The Morgan fingerprint density at radius 3 is 2.94 bits per heavy atom. The molecule has 4 aromatic rings. The number of fused-ring (bicyclic) bond motifs is 1. The van der Waals surface area contributed by atoms with Crippen molar-refractivity contribution in [3.8, 4) is 11.1 Å². The van der Waals surface area contributed by atoms with E-state index in [0.29, 0.717) is 29.8 Å². The summed E-state index contributed by atoms with van der Waals surface area (Å²) in [6.07, 6.45) is 6.53. The molecule has 1 fully saturated rings. The normalized spacial score (nSPS) is 16.4. The highest BCUT2D eigenvalue weighted by Crippen LogP contribution is 2.36. The van der Waals surface area contributed by atoms with Crippen molar-refractivity contribution < 1.29 is 9.18 Å². The molecular weight excluding hydrogens is 405 g/mol. The first-order chi connectivity index (χ1) is 15.6. The summed E-state index contributed by atoms with van der Waals surface area (Å²) in [5.41, 5.74) is 9.98. The maximum absolute atomic E-state index is 13.9. The number of nitrogens with two attached hydrogens (primary N) is 1. The summed E-state index contributed by atoms with van der Waals surface area (Å²) in [4.78, 5) is 27.3. The number of hydrogen-bond donors (Lipinski definition) is 2. The van der Waals surface area contributed by atoms with Gasteiger partial charge >= 0.3 is 0 Å². The molecule has 0 bridgehead atoms. The minimum absolute atomic E-state index is 0.0434. The van der Waals surface area contributed by atoms with Gasteiger partial charge in [-0.05, 0) is 48.6 Å². The number of halogens is 1. The number of nitrogen functional groups attached to an aromatic ring is 1. The van der Waals surface area contributed by atoms with Gasteiger partial charge in [-0.1, -0.05) is 30.3 Å². The predicted octanol–water partition coefficient (Wildman–Crippen LogP) is 4.64. The summed E-state index contributed by atoms with van der Waals surface area (Å²) in [7, 11) is 0. The highest BCUT2D eigenvalue weighted by atomic mass is 19.1. The maximum atomic E-state index is 13.9. The zero-order chi connectivity index (χ0) is 22.1. The SMILES string of the molecule is Nc1ncc(-c2cccc(F)c2)c([C@H]2CCCCN2C(=O)Cc2c[nH]c3ccccc23)n1. The van der Waals surface area contributed by atoms with Crippen LogP contribution in [0.25, 0.3) is 22.0 Å². The minimum Gasteiger partial charge on any atom is -0.368 e. The van der Waals surface area contributed by atoms with E-state index >= 15 is 0 Å². The third-order valence-electron chi connectivity index (χ3n) is 6.13. The lowest BCUT2D eigenvalue weighted by Gasteiger charge is -2.36. The summed E-state index contributed by atoms with van der Waals surface area (Å²) < 4.78 is 13.9. The van der Waals surface area contributed by atoms with E-state index in [4.69, 9.17) is 5.73 Å². The number of aromatic amines is 1. The van der Waals surface area contributed by atoms with Gasteiger partial charge in [0.05, 0.1) is 18.2 Å². The molecule has 32 heavy (non-hydrogen) atoms. The molecular formula is C25H24FN5O. The molecule has 7 heteroatoms. The standard InChI is InChI=1S/C25H24FN5O/c26-18-7-5-6-16(12-18)20-15-29-25(27)30-24(20)22-10-3-4-11-31(22)23(32)13-17-14-28-21-9-2-1-8-19(17)21/h1-2,5-9,12,14-15,22,28H,3-4,10-11,13H2,(H2,27,29,30)/t22-/m1/s1. The molecule has 0 aliphatic carbocycles. The van der Waals surface area contributed by atoms with Crippen LogP contribution in [0.1, 0.15) is 36.6 Å². The number of nitrogens with zero attached hydrogens (tertiary/aromatic N) is 3. The Balaban J connectivity index is 1.50. The number of hydrogen-bond acceptors (Lipinski definition) is 4. The lowest BCUT2D eigenvalue weighted by Crippen LogP contribution is -2.40. The lowest BCUT2D eigenvalue weighted by atomic mass is 9.93. The van der Waals surface area contributed by atoms with Crippen molar-refractivity contribution in [2.24, 2.45) is 0 Å². The molecule has 1 saturated heterocycles.